The number of hydrogen-bond donors (Lipinski definition) is 2. The monoisotopic (exact) mass is 371 g/mol. The van der Waals surface area contributed by atoms with Crippen LogP contribution in [0.4, 0.5) is 0 Å². The van der Waals surface area contributed by atoms with Gasteiger partial charge in [0.1, 0.15) is 18.5 Å². The smallest absolute Gasteiger partial charge is 0.162 e. The summed E-state index contributed by atoms with van der Waals surface area (Å²) in [5, 5.41) is 13.7. The molecular weight excluding hydrogens is 346 g/mol. The number of fused-ring (bicyclic) bond motifs is 1. The van der Waals surface area contributed by atoms with Crippen molar-refractivity contribution in [1.82, 2.24) is 5.32 Å². The molecule has 0 fully saturated rings. The first-order valence-corrected chi connectivity index (χ1v) is 10.0. The number of aliphatic hydroxyl groups excluding tert-OH is 1. The third-order valence-corrected chi connectivity index (χ3v) is 5.62. The molecule has 0 saturated heterocycles. The van der Waals surface area contributed by atoms with Gasteiger partial charge in [0, 0.05) is 29.5 Å². The standard InChI is InChI=1S/C21H25NO3S/c1-2-20(24)15-7-9-17(10-8-15)25-14-16(23)13-22-19-11-12-26-21-6-4-3-5-18(19)21/h3-10,16,19,22-23H,2,11-14H2,1H3. The van der Waals surface area contributed by atoms with Crippen LogP contribution in [0.2, 0.25) is 0 Å². The summed E-state index contributed by atoms with van der Waals surface area (Å²) in [6.45, 7) is 2.55. The van der Waals surface area contributed by atoms with E-state index in [0.29, 0.717) is 24.3 Å². The van der Waals surface area contributed by atoms with Crippen molar-refractivity contribution < 1.29 is 14.6 Å². The second kappa shape index (κ2) is 9.21. The predicted octanol–water partition coefficient (Wildman–Crippen LogP) is 3.85. The van der Waals surface area contributed by atoms with E-state index in [1.165, 1.54) is 10.5 Å². The minimum atomic E-state index is -0.589. The second-order valence-electron chi connectivity index (χ2n) is 6.40. The molecule has 0 radical (unpaired) electrons. The van der Waals surface area contributed by atoms with Gasteiger partial charge in [0.05, 0.1) is 0 Å². The van der Waals surface area contributed by atoms with Crippen molar-refractivity contribution >= 4 is 17.5 Å². The number of benzene rings is 2. The fraction of sp³-hybridized carbons (Fsp3) is 0.381. The SMILES string of the molecule is CCC(=O)c1ccc(OCC(O)CNC2CCSc3ccccc32)cc1. The minimum Gasteiger partial charge on any atom is -0.491 e. The lowest BCUT2D eigenvalue weighted by atomic mass is 10.0. The van der Waals surface area contributed by atoms with E-state index in [9.17, 15) is 9.90 Å². The molecule has 0 aliphatic carbocycles. The maximum atomic E-state index is 11.6. The number of rotatable bonds is 8. The van der Waals surface area contributed by atoms with Crippen LogP contribution in [0.25, 0.3) is 0 Å². The Balaban J connectivity index is 1.46. The molecule has 2 unspecified atom stereocenters. The molecule has 1 heterocycles. The molecule has 2 atom stereocenters. The fourth-order valence-corrected chi connectivity index (χ4v) is 4.15. The van der Waals surface area contributed by atoms with Gasteiger partial charge in [-0.1, -0.05) is 25.1 Å². The summed E-state index contributed by atoms with van der Waals surface area (Å²) >= 11 is 1.89. The first-order chi connectivity index (χ1) is 12.7. The Morgan fingerprint density at radius 1 is 1.27 bits per heavy atom. The van der Waals surface area contributed by atoms with Gasteiger partial charge in [-0.3, -0.25) is 4.79 Å². The van der Waals surface area contributed by atoms with E-state index in [-0.39, 0.29) is 18.4 Å². The fourth-order valence-electron chi connectivity index (χ4n) is 3.02. The van der Waals surface area contributed by atoms with E-state index in [1.807, 2.05) is 18.7 Å². The van der Waals surface area contributed by atoms with Gasteiger partial charge in [0.15, 0.2) is 5.78 Å². The molecule has 0 aromatic heterocycles. The Morgan fingerprint density at radius 3 is 2.81 bits per heavy atom. The maximum absolute atomic E-state index is 11.6. The summed E-state index contributed by atoms with van der Waals surface area (Å²) in [7, 11) is 0. The summed E-state index contributed by atoms with van der Waals surface area (Å²) < 4.78 is 5.64. The average Bonchev–Trinajstić information content (AvgIpc) is 2.70. The number of carbonyl (C=O) groups excluding carboxylic acids is 1. The van der Waals surface area contributed by atoms with Crippen LogP contribution in [0.1, 0.15) is 41.7 Å². The number of hydrogen-bond acceptors (Lipinski definition) is 5. The quantitative estimate of drug-likeness (QED) is 0.691. The summed E-state index contributed by atoms with van der Waals surface area (Å²) in [6.07, 6.45) is 0.962. The maximum Gasteiger partial charge on any atom is 0.162 e. The molecule has 1 aliphatic rings. The number of ether oxygens (including phenoxy) is 1. The second-order valence-corrected chi connectivity index (χ2v) is 7.54. The summed E-state index contributed by atoms with van der Waals surface area (Å²) in [5.74, 6) is 1.87. The van der Waals surface area contributed by atoms with Crippen molar-refractivity contribution in [3.05, 3.63) is 59.7 Å². The van der Waals surface area contributed by atoms with Crippen molar-refractivity contribution in [2.75, 3.05) is 18.9 Å². The number of thioether (sulfide) groups is 1. The van der Waals surface area contributed by atoms with Gasteiger partial charge >= 0.3 is 0 Å². The van der Waals surface area contributed by atoms with Gasteiger partial charge in [0.25, 0.3) is 0 Å². The molecule has 0 amide bonds. The molecule has 2 N–H and O–H groups in total. The van der Waals surface area contributed by atoms with Crippen molar-refractivity contribution in [2.24, 2.45) is 0 Å². The highest BCUT2D eigenvalue weighted by Crippen LogP contribution is 2.35. The number of carbonyl (C=O) groups is 1. The number of Topliss-reactive ketones (excluding diaryl/α,β-unsaturated/α-hetero) is 1. The van der Waals surface area contributed by atoms with Gasteiger partial charge < -0.3 is 15.2 Å². The van der Waals surface area contributed by atoms with Gasteiger partial charge in [-0.2, -0.15) is 0 Å². The lowest BCUT2D eigenvalue weighted by Crippen LogP contribution is -2.35. The number of aliphatic hydroxyl groups is 1. The molecule has 0 saturated carbocycles. The molecule has 26 heavy (non-hydrogen) atoms. The molecule has 2 aromatic carbocycles. The van der Waals surface area contributed by atoms with Crippen LogP contribution >= 0.6 is 11.8 Å². The van der Waals surface area contributed by atoms with Crippen LogP contribution in [0.5, 0.6) is 5.75 Å². The van der Waals surface area contributed by atoms with Crippen molar-refractivity contribution in [1.29, 1.82) is 0 Å². The first kappa shape index (κ1) is 19.0. The van der Waals surface area contributed by atoms with E-state index in [0.717, 1.165) is 12.2 Å². The predicted molar refractivity (Wildman–Crippen MR) is 105 cm³/mol. The third-order valence-electron chi connectivity index (χ3n) is 4.50. The normalized spacial score (nSPS) is 17.4. The van der Waals surface area contributed by atoms with Crippen LogP contribution < -0.4 is 10.1 Å². The Hall–Kier alpha value is -1.82. The van der Waals surface area contributed by atoms with E-state index >= 15 is 0 Å². The van der Waals surface area contributed by atoms with Crippen molar-refractivity contribution in [2.45, 2.75) is 36.8 Å². The molecule has 4 nitrogen and oxygen atoms in total. The highest BCUT2D eigenvalue weighted by Gasteiger charge is 2.20. The average molecular weight is 372 g/mol. The summed E-state index contributed by atoms with van der Waals surface area (Å²) in [4.78, 5) is 12.9. The van der Waals surface area contributed by atoms with Gasteiger partial charge in [-0.15, -0.1) is 11.8 Å². The molecule has 0 spiro atoms. The lowest BCUT2D eigenvalue weighted by molar-refractivity contribution is 0.0986. The van der Waals surface area contributed by atoms with Crippen LogP contribution in [-0.2, 0) is 0 Å². The van der Waals surface area contributed by atoms with Crippen molar-refractivity contribution in [3.63, 3.8) is 0 Å². The molecular formula is C21H25NO3S. The van der Waals surface area contributed by atoms with Crippen LogP contribution in [0.3, 0.4) is 0 Å². The Morgan fingerprint density at radius 2 is 2.04 bits per heavy atom. The highest BCUT2D eigenvalue weighted by atomic mass is 32.2. The summed E-state index contributed by atoms with van der Waals surface area (Å²) in [5.41, 5.74) is 2.00. The van der Waals surface area contributed by atoms with E-state index in [4.69, 9.17) is 4.74 Å². The van der Waals surface area contributed by atoms with Crippen LogP contribution in [0, 0.1) is 0 Å². The van der Waals surface area contributed by atoms with E-state index in [1.54, 1.807) is 24.3 Å². The van der Waals surface area contributed by atoms with Crippen LogP contribution in [0.15, 0.2) is 53.4 Å². The number of nitrogens with one attached hydrogen (secondary N) is 1. The lowest BCUT2D eigenvalue weighted by Gasteiger charge is -2.27. The molecule has 5 heteroatoms. The topological polar surface area (TPSA) is 58.6 Å². The summed E-state index contributed by atoms with van der Waals surface area (Å²) in [6, 6.07) is 15.8. The molecule has 2 aromatic rings. The number of ketones is 1. The molecule has 138 valence electrons. The molecule has 0 bridgehead atoms. The van der Waals surface area contributed by atoms with Gasteiger partial charge in [0.2, 0.25) is 0 Å². The molecule has 1 aliphatic heterocycles. The van der Waals surface area contributed by atoms with E-state index in [2.05, 4.69) is 29.6 Å². The Kier molecular flexibility index (Phi) is 6.72. The van der Waals surface area contributed by atoms with Gasteiger partial charge in [-0.05, 0) is 48.1 Å². The Bertz CT molecular complexity index is 732. The van der Waals surface area contributed by atoms with Crippen LogP contribution in [-0.4, -0.2) is 35.9 Å². The third kappa shape index (κ3) is 4.87. The Labute approximate surface area is 159 Å². The molecule has 3 rings (SSSR count). The first-order valence-electron chi connectivity index (χ1n) is 9.06. The zero-order valence-electron chi connectivity index (χ0n) is 15.0. The highest BCUT2D eigenvalue weighted by molar-refractivity contribution is 7.99. The van der Waals surface area contributed by atoms with Crippen molar-refractivity contribution in [3.8, 4) is 5.75 Å². The zero-order valence-corrected chi connectivity index (χ0v) is 15.8. The minimum absolute atomic E-state index is 0.117. The largest absolute Gasteiger partial charge is 0.491 e. The van der Waals surface area contributed by atoms with Gasteiger partial charge in [-0.25, -0.2) is 0 Å². The van der Waals surface area contributed by atoms with E-state index < -0.39 is 6.10 Å². The zero-order chi connectivity index (χ0) is 18.4.